The largest absolute Gasteiger partial charge is 0.398 e. The molecule has 0 aliphatic rings. The Hall–Kier alpha value is -1.28. The van der Waals surface area contributed by atoms with Gasteiger partial charge in [-0.25, -0.2) is 0 Å². The van der Waals surface area contributed by atoms with Crippen LogP contribution in [0.4, 0.5) is 5.69 Å². The van der Waals surface area contributed by atoms with E-state index in [1.54, 1.807) is 12.1 Å². The van der Waals surface area contributed by atoms with Crippen LogP contribution in [0.2, 0.25) is 0 Å². The molecule has 0 aliphatic heterocycles. The molecular formula is C10H13NO. The van der Waals surface area contributed by atoms with Crippen LogP contribution < -0.4 is 5.73 Å². The molecule has 1 unspecified atom stereocenters. The van der Waals surface area contributed by atoms with Gasteiger partial charge >= 0.3 is 0 Å². The fraction of sp³-hybridized carbons (Fsp3) is 0.200. The van der Waals surface area contributed by atoms with Gasteiger partial charge in [-0.3, -0.25) is 0 Å². The van der Waals surface area contributed by atoms with Crippen molar-refractivity contribution >= 4 is 5.69 Å². The van der Waals surface area contributed by atoms with Crippen molar-refractivity contribution < 1.29 is 5.11 Å². The molecule has 1 aromatic carbocycles. The second-order valence-electron chi connectivity index (χ2n) is 2.67. The lowest BCUT2D eigenvalue weighted by molar-refractivity contribution is 0.182. The van der Waals surface area contributed by atoms with Gasteiger partial charge in [0, 0.05) is 11.3 Å². The number of benzene rings is 1. The second kappa shape index (κ2) is 3.93. The van der Waals surface area contributed by atoms with Crippen LogP contribution in [0.25, 0.3) is 0 Å². The summed E-state index contributed by atoms with van der Waals surface area (Å²) in [7, 11) is 0. The summed E-state index contributed by atoms with van der Waals surface area (Å²) < 4.78 is 0. The van der Waals surface area contributed by atoms with Crippen molar-refractivity contribution in [2.45, 2.75) is 12.5 Å². The summed E-state index contributed by atoms with van der Waals surface area (Å²) in [6, 6.07) is 7.31. The molecule has 0 saturated heterocycles. The first-order valence-corrected chi connectivity index (χ1v) is 3.89. The molecule has 0 heterocycles. The number of nitrogen functional groups attached to an aromatic ring is 1. The van der Waals surface area contributed by atoms with Crippen LogP contribution >= 0.6 is 0 Å². The number of hydrogen-bond acceptors (Lipinski definition) is 2. The monoisotopic (exact) mass is 163 g/mol. The summed E-state index contributed by atoms with van der Waals surface area (Å²) in [6.45, 7) is 3.56. The quantitative estimate of drug-likeness (QED) is 0.528. The summed E-state index contributed by atoms with van der Waals surface area (Å²) in [5.74, 6) is 0. The number of aliphatic hydroxyl groups is 1. The van der Waals surface area contributed by atoms with Crippen LogP contribution in [0.5, 0.6) is 0 Å². The first-order chi connectivity index (χ1) is 5.75. The Labute approximate surface area is 72.3 Å². The van der Waals surface area contributed by atoms with Crippen molar-refractivity contribution in [3.63, 3.8) is 0 Å². The van der Waals surface area contributed by atoms with Gasteiger partial charge in [0.05, 0.1) is 6.10 Å². The van der Waals surface area contributed by atoms with E-state index in [1.807, 2.05) is 18.2 Å². The third-order valence-corrected chi connectivity index (χ3v) is 1.74. The Balaban J connectivity index is 2.86. The third-order valence-electron chi connectivity index (χ3n) is 1.74. The van der Waals surface area contributed by atoms with Gasteiger partial charge in [0.15, 0.2) is 0 Å². The highest BCUT2D eigenvalue weighted by atomic mass is 16.3. The highest BCUT2D eigenvalue weighted by molar-refractivity contribution is 5.47. The van der Waals surface area contributed by atoms with Crippen molar-refractivity contribution in [1.82, 2.24) is 0 Å². The Morgan fingerprint density at radius 3 is 2.75 bits per heavy atom. The fourth-order valence-corrected chi connectivity index (χ4v) is 1.10. The van der Waals surface area contributed by atoms with Gasteiger partial charge in [0.1, 0.15) is 0 Å². The van der Waals surface area contributed by atoms with E-state index < -0.39 is 6.10 Å². The van der Waals surface area contributed by atoms with Crippen molar-refractivity contribution in [2.75, 3.05) is 5.73 Å². The van der Waals surface area contributed by atoms with Crippen molar-refractivity contribution in [1.29, 1.82) is 0 Å². The molecular weight excluding hydrogens is 150 g/mol. The maximum Gasteiger partial charge on any atom is 0.0844 e. The van der Waals surface area contributed by atoms with Gasteiger partial charge in [-0.1, -0.05) is 24.3 Å². The molecule has 0 aromatic heterocycles. The normalized spacial score (nSPS) is 12.4. The van der Waals surface area contributed by atoms with E-state index in [1.165, 1.54) is 0 Å². The van der Waals surface area contributed by atoms with Crippen LogP contribution in [0.1, 0.15) is 18.1 Å². The number of para-hydroxylation sites is 1. The molecule has 3 N–H and O–H groups in total. The Morgan fingerprint density at radius 1 is 1.50 bits per heavy atom. The molecule has 1 atom stereocenters. The van der Waals surface area contributed by atoms with E-state index in [4.69, 9.17) is 5.73 Å². The standard InChI is InChI=1S/C10H13NO/c1-2-5-10(12)8-6-3-4-7-9(8)11/h2-4,6-7,10,12H,1,5,11H2. The average molecular weight is 163 g/mol. The first-order valence-electron chi connectivity index (χ1n) is 3.89. The molecule has 0 amide bonds. The molecule has 2 nitrogen and oxygen atoms in total. The molecule has 0 spiro atoms. The van der Waals surface area contributed by atoms with Gasteiger partial charge in [-0.2, -0.15) is 0 Å². The number of anilines is 1. The van der Waals surface area contributed by atoms with Gasteiger partial charge < -0.3 is 10.8 Å². The van der Waals surface area contributed by atoms with E-state index in [0.29, 0.717) is 12.1 Å². The van der Waals surface area contributed by atoms with E-state index in [9.17, 15) is 5.11 Å². The van der Waals surface area contributed by atoms with Crippen molar-refractivity contribution in [3.8, 4) is 0 Å². The molecule has 0 saturated carbocycles. The number of nitrogens with two attached hydrogens (primary N) is 1. The Bertz CT molecular complexity index is 270. The van der Waals surface area contributed by atoms with E-state index in [2.05, 4.69) is 6.58 Å². The highest BCUT2D eigenvalue weighted by Crippen LogP contribution is 2.22. The van der Waals surface area contributed by atoms with Gasteiger partial charge in [0.2, 0.25) is 0 Å². The molecule has 64 valence electrons. The van der Waals surface area contributed by atoms with Crippen molar-refractivity contribution in [3.05, 3.63) is 42.5 Å². The molecule has 1 aromatic rings. The lowest BCUT2D eigenvalue weighted by Crippen LogP contribution is -2.00. The molecule has 0 aliphatic carbocycles. The zero-order valence-corrected chi connectivity index (χ0v) is 6.90. The lowest BCUT2D eigenvalue weighted by atomic mass is 10.1. The zero-order chi connectivity index (χ0) is 8.97. The lowest BCUT2D eigenvalue weighted by Gasteiger charge is -2.10. The van der Waals surface area contributed by atoms with Crippen LogP contribution in [0.3, 0.4) is 0 Å². The van der Waals surface area contributed by atoms with Crippen LogP contribution in [-0.2, 0) is 0 Å². The fourth-order valence-electron chi connectivity index (χ4n) is 1.10. The summed E-state index contributed by atoms with van der Waals surface area (Å²) in [4.78, 5) is 0. The zero-order valence-electron chi connectivity index (χ0n) is 6.90. The predicted molar refractivity (Wildman–Crippen MR) is 50.6 cm³/mol. The number of rotatable bonds is 3. The summed E-state index contributed by atoms with van der Waals surface area (Å²) in [5, 5.41) is 9.55. The maximum atomic E-state index is 9.55. The summed E-state index contributed by atoms with van der Waals surface area (Å²) >= 11 is 0. The van der Waals surface area contributed by atoms with E-state index in [0.717, 1.165) is 5.56 Å². The van der Waals surface area contributed by atoms with Crippen LogP contribution in [0, 0.1) is 0 Å². The molecule has 0 radical (unpaired) electrons. The Morgan fingerprint density at radius 2 is 2.17 bits per heavy atom. The summed E-state index contributed by atoms with van der Waals surface area (Å²) in [6.07, 6.45) is 1.69. The van der Waals surface area contributed by atoms with E-state index >= 15 is 0 Å². The van der Waals surface area contributed by atoms with Gasteiger partial charge in [-0.05, 0) is 12.5 Å². The molecule has 2 heteroatoms. The average Bonchev–Trinajstić information content (AvgIpc) is 2.05. The first kappa shape index (κ1) is 8.81. The minimum absolute atomic E-state index is 0.524. The molecule has 0 bridgehead atoms. The smallest absolute Gasteiger partial charge is 0.0844 e. The highest BCUT2D eigenvalue weighted by Gasteiger charge is 2.07. The molecule has 12 heavy (non-hydrogen) atoms. The van der Waals surface area contributed by atoms with Gasteiger partial charge in [-0.15, -0.1) is 6.58 Å². The Kier molecular flexibility index (Phi) is 2.88. The SMILES string of the molecule is C=CCC(O)c1ccccc1N. The van der Waals surface area contributed by atoms with Crippen LogP contribution in [0.15, 0.2) is 36.9 Å². The predicted octanol–water partition coefficient (Wildman–Crippen LogP) is 1.88. The molecule has 1 rings (SSSR count). The summed E-state index contributed by atoms with van der Waals surface area (Å²) in [5.41, 5.74) is 7.06. The van der Waals surface area contributed by atoms with Crippen molar-refractivity contribution in [2.24, 2.45) is 0 Å². The number of aliphatic hydroxyl groups excluding tert-OH is 1. The molecule has 0 fully saturated rings. The van der Waals surface area contributed by atoms with Gasteiger partial charge in [0.25, 0.3) is 0 Å². The minimum Gasteiger partial charge on any atom is -0.398 e. The van der Waals surface area contributed by atoms with E-state index in [-0.39, 0.29) is 0 Å². The number of hydrogen-bond donors (Lipinski definition) is 2. The minimum atomic E-state index is -0.524. The third kappa shape index (κ3) is 1.86. The second-order valence-corrected chi connectivity index (χ2v) is 2.67. The topological polar surface area (TPSA) is 46.2 Å². The maximum absolute atomic E-state index is 9.55. The van der Waals surface area contributed by atoms with Crippen LogP contribution in [-0.4, -0.2) is 5.11 Å².